The Labute approximate surface area is 218 Å². The predicted molar refractivity (Wildman–Crippen MR) is 138 cm³/mol. The summed E-state index contributed by atoms with van der Waals surface area (Å²) < 4.78 is 22.6. The molecule has 1 aliphatic rings. The number of halogens is 1. The Morgan fingerprint density at radius 1 is 1.19 bits per heavy atom. The molecule has 11 heteroatoms. The smallest absolute Gasteiger partial charge is 0.305 e. The number of nitrogens with two attached hydrogens (primary N) is 1. The van der Waals surface area contributed by atoms with Crippen molar-refractivity contribution in [2.24, 2.45) is 10.8 Å². The van der Waals surface area contributed by atoms with E-state index in [0.29, 0.717) is 40.9 Å². The number of thiazole rings is 1. The van der Waals surface area contributed by atoms with Crippen LogP contribution in [0.5, 0.6) is 11.5 Å². The molecule has 190 valence electrons. The van der Waals surface area contributed by atoms with Crippen molar-refractivity contribution in [3.05, 3.63) is 68.6 Å². The lowest BCUT2D eigenvalue weighted by atomic mass is 9.98. The molecule has 0 radical (unpaired) electrons. The standard InChI is InChI=1S/C25H27ClN4O5S/c1-32-19-6-4-5-16(24(19)34-3)23-17-11-14(26)7-9-18(17)29-25(30-27)20(35-23)12-21-28-15(13-36-21)8-10-22(31)33-2/h4-7,9,11,13,20,23H,8,10,12,27H2,1-3H3,(H,29,30)/t20-,23-/m0/s1. The van der Waals surface area contributed by atoms with Crippen LogP contribution in [0.2, 0.25) is 5.02 Å². The van der Waals surface area contributed by atoms with Gasteiger partial charge in [0.2, 0.25) is 0 Å². The van der Waals surface area contributed by atoms with Crippen LogP contribution in [0.4, 0.5) is 5.69 Å². The molecule has 2 heterocycles. The van der Waals surface area contributed by atoms with Gasteiger partial charge in [0.25, 0.3) is 0 Å². The number of ether oxygens (including phenoxy) is 4. The Bertz CT molecular complexity index is 1260. The highest BCUT2D eigenvalue weighted by molar-refractivity contribution is 7.09. The number of hydrogen-bond acceptors (Lipinski definition) is 10. The Balaban J connectivity index is 1.71. The summed E-state index contributed by atoms with van der Waals surface area (Å²) in [5, 5.41) is 3.30. The number of amidine groups is 1. The number of benzene rings is 2. The van der Waals surface area contributed by atoms with E-state index in [1.807, 2.05) is 35.7 Å². The van der Waals surface area contributed by atoms with Gasteiger partial charge in [0, 0.05) is 34.4 Å². The molecule has 0 amide bonds. The lowest BCUT2D eigenvalue weighted by Crippen LogP contribution is -2.41. The summed E-state index contributed by atoms with van der Waals surface area (Å²) in [5.74, 6) is 7.20. The fourth-order valence-corrected chi connectivity index (χ4v) is 5.06. The van der Waals surface area contributed by atoms with Gasteiger partial charge in [-0.2, -0.15) is 0 Å². The number of carbonyl (C=O) groups excluding carboxylic acids is 1. The van der Waals surface area contributed by atoms with E-state index < -0.39 is 12.2 Å². The summed E-state index contributed by atoms with van der Waals surface area (Å²) in [6.45, 7) is 0. The molecular formula is C25H27ClN4O5S. The molecule has 3 aromatic rings. The van der Waals surface area contributed by atoms with Gasteiger partial charge >= 0.3 is 5.97 Å². The minimum absolute atomic E-state index is 0.268. The third kappa shape index (κ3) is 5.62. The summed E-state index contributed by atoms with van der Waals surface area (Å²) in [6.07, 6.45) is 0.0444. The van der Waals surface area contributed by atoms with Gasteiger partial charge in [-0.05, 0) is 24.3 Å². The average molecular weight is 531 g/mol. The van der Waals surface area contributed by atoms with Gasteiger partial charge in [0.1, 0.15) is 18.0 Å². The highest BCUT2D eigenvalue weighted by atomic mass is 35.5. The maximum absolute atomic E-state index is 11.5. The lowest BCUT2D eigenvalue weighted by Gasteiger charge is -2.25. The van der Waals surface area contributed by atoms with Gasteiger partial charge in [-0.25, -0.2) is 15.8 Å². The van der Waals surface area contributed by atoms with E-state index in [1.165, 1.54) is 18.4 Å². The van der Waals surface area contributed by atoms with E-state index in [1.54, 1.807) is 20.3 Å². The Morgan fingerprint density at radius 3 is 2.75 bits per heavy atom. The van der Waals surface area contributed by atoms with Crippen molar-refractivity contribution in [3.8, 4) is 11.5 Å². The number of aliphatic imine (C=N–C) groups is 1. The molecule has 0 aliphatic carbocycles. The number of rotatable bonds is 8. The first kappa shape index (κ1) is 25.9. The van der Waals surface area contributed by atoms with Crippen LogP contribution in [0.25, 0.3) is 0 Å². The van der Waals surface area contributed by atoms with Gasteiger partial charge in [-0.3, -0.25) is 4.79 Å². The van der Waals surface area contributed by atoms with Crippen LogP contribution < -0.4 is 20.7 Å². The van der Waals surface area contributed by atoms with Crippen molar-refractivity contribution < 1.29 is 23.7 Å². The summed E-state index contributed by atoms with van der Waals surface area (Å²) in [6, 6.07) is 11.0. The second-order valence-corrected chi connectivity index (χ2v) is 9.32. The zero-order valence-electron chi connectivity index (χ0n) is 20.1. The number of carbonyl (C=O) groups is 1. The van der Waals surface area contributed by atoms with Crippen molar-refractivity contribution in [1.29, 1.82) is 0 Å². The molecule has 1 aromatic heterocycles. The van der Waals surface area contributed by atoms with E-state index in [9.17, 15) is 4.79 Å². The van der Waals surface area contributed by atoms with Crippen molar-refractivity contribution >= 4 is 40.4 Å². The van der Waals surface area contributed by atoms with Crippen LogP contribution in [-0.2, 0) is 27.1 Å². The SMILES string of the molecule is COC(=O)CCc1csc(C[C@@H]2O[C@@H](c3cccc(OC)c3OC)c3cc(Cl)ccc3N=C2NN)n1. The first-order valence-corrected chi connectivity index (χ1v) is 12.4. The third-order valence-electron chi connectivity index (χ3n) is 5.75. The fourth-order valence-electron chi connectivity index (χ4n) is 4.02. The van der Waals surface area contributed by atoms with Gasteiger partial charge in [0.05, 0.1) is 44.1 Å². The molecule has 0 bridgehead atoms. The zero-order valence-corrected chi connectivity index (χ0v) is 21.7. The summed E-state index contributed by atoms with van der Waals surface area (Å²) >= 11 is 7.86. The van der Waals surface area contributed by atoms with E-state index in [0.717, 1.165) is 21.8 Å². The monoisotopic (exact) mass is 530 g/mol. The molecular weight excluding hydrogens is 504 g/mol. The molecule has 0 spiro atoms. The van der Waals surface area contributed by atoms with E-state index in [2.05, 4.69) is 10.4 Å². The predicted octanol–water partition coefficient (Wildman–Crippen LogP) is 4.14. The van der Waals surface area contributed by atoms with Crippen molar-refractivity contribution in [3.63, 3.8) is 0 Å². The minimum Gasteiger partial charge on any atom is -0.493 e. The largest absolute Gasteiger partial charge is 0.493 e. The second-order valence-electron chi connectivity index (χ2n) is 7.94. The summed E-state index contributed by atoms with van der Waals surface area (Å²) in [7, 11) is 4.55. The molecule has 0 unspecified atom stereocenters. The highest BCUT2D eigenvalue weighted by Crippen LogP contribution is 2.44. The number of aryl methyl sites for hydroxylation is 1. The molecule has 0 saturated heterocycles. The van der Waals surface area contributed by atoms with Gasteiger partial charge < -0.3 is 24.4 Å². The summed E-state index contributed by atoms with van der Waals surface area (Å²) in [4.78, 5) is 20.9. The van der Waals surface area contributed by atoms with Crippen molar-refractivity contribution in [2.45, 2.75) is 31.5 Å². The molecule has 2 aromatic carbocycles. The molecule has 2 atom stereocenters. The van der Waals surface area contributed by atoms with E-state index >= 15 is 0 Å². The minimum atomic E-state index is -0.581. The highest BCUT2D eigenvalue weighted by Gasteiger charge is 2.33. The Kier molecular flexibility index (Phi) is 8.42. The number of hydrazine groups is 1. The molecule has 1 aliphatic heterocycles. The number of nitrogens with zero attached hydrogens (tertiary/aromatic N) is 2. The second kappa shape index (κ2) is 11.7. The third-order valence-corrected chi connectivity index (χ3v) is 6.91. The number of fused-ring (bicyclic) bond motifs is 1. The van der Waals surface area contributed by atoms with Crippen LogP contribution in [-0.4, -0.2) is 44.2 Å². The molecule has 9 nitrogen and oxygen atoms in total. The first-order valence-electron chi connectivity index (χ1n) is 11.2. The topological polar surface area (TPSA) is 117 Å². The number of aromatic nitrogens is 1. The van der Waals surface area contributed by atoms with Crippen LogP contribution in [0.1, 0.15) is 34.4 Å². The van der Waals surface area contributed by atoms with Gasteiger partial charge in [0.15, 0.2) is 11.5 Å². The quantitative estimate of drug-likeness (QED) is 0.253. The van der Waals surface area contributed by atoms with Gasteiger partial charge in [-0.1, -0.05) is 23.7 Å². The van der Waals surface area contributed by atoms with Gasteiger partial charge in [-0.15, -0.1) is 11.3 Å². The van der Waals surface area contributed by atoms with Crippen molar-refractivity contribution in [1.82, 2.24) is 10.4 Å². The Morgan fingerprint density at radius 2 is 2.03 bits per heavy atom. The van der Waals surface area contributed by atoms with E-state index in [-0.39, 0.29) is 12.4 Å². The fraction of sp³-hybridized carbons (Fsp3) is 0.320. The number of esters is 1. The molecule has 0 saturated carbocycles. The molecule has 0 fully saturated rings. The van der Waals surface area contributed by atoms with E-state index in [4.69, 9.17) is 41.4 Å². The maximum Gasteiger partial charge on any atom is 0.305 e. The number of nitrogens with one attached hydrogen (secondary N) is 1. The normalized spacial score (nSPS) is 17.0. The molecule has 3 N–H and O–H groups in total. The van der Waals surface area contributed by atoms with Crippen LogP contribution in [0, 0.1) is 0 Å². The first-order chi connectivity index (χ1) is 17.5. The lowest BCUT2D eigenvalue weighted by molar-refractivity contribution is -0.140. The maximum atomic E-state index is 11.5. The van der Waals surface area contributed by atoms with Crippen molar-refractivity contribution in [2.75, 3.05) is 21.3 Å². The molecule has 36 heavy (non-hydrogen) atoms. The number of hydrogen-bond donors (Lipinski definition) is 2. The number of methoxy groups -OCH3 is 3. The zero-order chi connectivity index (χ0) is 25.7. The summed E-state index contributed by atoms with van der Waals surface area (Å²) in [5.41, 5.74) is 5.71. The average Bonchev–Trinajstić information content (AvgIpc) is 3.29. The number of para-hydroxylation sites is 1. The van der Waals surface area contributed by atoms with Crippen LogP contribution in [0.15, 0.2) is 46.8 Å². The van der Waals surface area contributed by atoms with Crippen LogP contribution in [0.3, 0.4) is 0 Å². The van der Waals surface area contributed by atoms with Crippen LogP contribution >= 0.6 is 22.9 Å². The molecule has 4 rings (SSSR count). The Hall–Kier alpha value is -3.18.